The number of oxazole rings is 1. The average molecular weight is 235 g/mol. The zero-order valence-corrected chi connectivity index (χ0v) is 10.2. The van der Waals surface area contributed by atoms with Gasteiger partial charge in [0.2, 0.25) is 5.89 Å². The molecule has 2 fully saturated rings. The maximum Gasteiger partial charge on any atom is 0.200 e. The zero-order valence-electron chi connectivity index (χ0n) is 10.2. The van der Waals surface area contributed by atoms with Crippen LogP contribution in [-0.2, 0) is 4.74 Å². The van der Waals surface area contributed by atoms with Crippen molar-refractivity contribution in [2.24, 2.45) is 5.92 Å². The summed E-state index contributed by atoms with van der Waals surface area (Å²) < 4.78 is 11.4. The second kappa shape index (κ2) is 3.95. The SMILES string of the molecule is CCC1C2CCC(O2)C1c1nc(C(C)=O)co1. The topological polar surface area (TPSA) is 52.3 Å². The van der Waals surface area contributed by atoms with Gasteiger partial charge >= 0.3 is 0 Å². The van der Waals surface area contributed by atoms with Crippen molar-refractivity contribution in [1.82, 2.24) is 4.98 Å². The van der Waals surface area contributed by atoms with Gasteiger partial charge in [0.25, 0.3) is 0 Å². The van der Waals surface area contributed by atoms with Crippen molar-refractivity contribution in [3.05, 3.63) is 17.8 Å². The van der Waals surface area contributed by atoms with E-state index in [0.717, 1.165) is 19.3 Å². The molecule has 4 unspecified atom stereocenters. The number of aromatic nitrogens is 1. The number of carbonyl (C=O) groups is 1. The van der Waals surface area contributed by atoms with E-state index >= 15 is 0 Å². The number of Topliss-reactive ketones (excluding diaryl/α,β-unsaturated/α-hetero) is 1. The molecule has 2 bridgehead atoms. The van der Waals surface area contributed by atoms with E-state index in [1.54, 1.807) is 0 Å². The van der Waals surface area contributed by atoms with Crippen LogP contribution in [0.3, 0.4) is 0 Å². The Balaban J connectivity index is 1.89. The molecule has 4 nitrogen and oxygen atoms in total. The van der Waals surface area contributed by atoms with Crippen molar-refractivity contribution in [3.8, 4) is 0 Å². The van der Waals surface area contributed by atoms with Crippen LogP contribution < -0.4 is 0 Å². The lowest BCUT2D eigenvalue weighted by Crippen LogP contribution is -2.25. The first-order chi connectivity index (χ1) is 8.20. The first kappa shape index (κ1) is 11.0. The molecule has 0 saturated carbocycles. The minimum absolute atomic E-state index is 0.0443. The van der Waals surface area contributed by atoms with Gasteiger partial charge in [-0.25, -0.2) is 4.98 Å². The van der Waals surface area contributed by atoms with E-state index in [9.17, 15) is 4.79 Å². The Labute approximate surface area is 100 Å². The molecule has 2 aliphatic heterocycles. The van der Waals surface area contributed by atoms with E-state index in [2.05, 4.69) is 11.9 Å². The van der Waals surface area contributed by atoms with Crippen molar-refractivity contribution < 1.29 is 13.9 Å². The Kier molecular flexibility index (Phi) is 2.54. The Morgan fingerprint density at radius 3 is 2.88 bits per heavy atom. The number of nitrogens with zero attached hydrogens (tertiary/aromatic N) is 1. The van der Waals surface area contributed by atoms with Crippen LogP contribution in [0.2, 0.25) is 0 Å². The third-order valence-corrected chi connectivity index (χ3v) is 4.06. The van der Waals surface area contributed by atoms with Gasteiger partial charge in [0.1, 0.15) is 12.0 Å². The fourth-order valence-corrected chi connectivity index (χ4v) is 3.24. The number of hydrogen-bond acceptors (Lipinski definition) is 4. The molecule has 0 N–H and O–H groups in total. The summed E-state index contributed by atoms with van der Waals surface area (Å²) in [5, 5.41) is 0. The van der Waals surface area contributed by atoms with E-state index in [1.807, 2.05) is 0 Å². The molecule has 0 radical (unpaired) electrons. The first-order valence-corrected chi connectivity index (χ1v) is 6.32. The number of rotatable bonds is 3. The predicted octanol–water partition coefficient (Wildman–Crippen LogP) is 2.55. The van der Waals surface area contributed by atoms with E-state index in [0.29, 0.717) is 23.6 Å². The molecule has 0 amide bonds. The van der Waals surface area contributed by atoms with Crippen molar-refractivity contribution >= 4 is 5.78 Å². The molecule has 0 aliphatic carbocycles. The Morgan fingerprint density at radius 1 is 1.47 bits per heavy atom. The third-order valence-electron chi connectivity index (χ3n) is 4.06. The molecule has 4 heteroatoms. The van der Waals surface area contributed by atoms with Gasteiger partial charge in [-0.05, 0) is 25.2 Å². The summed E-state index contributed by atoms with van der Waals surface area (Å²) in [5.41, 5.74) is 0.428. The molecule has 17 heavy (non-hydrogen) atoms. The quantitative estimate of drug-likeness (QED) is 0.755. The summed E-state index contributed by atoms with van der Waals surface area (Å²) in [6, 6.07) is 0. The second-order valence-electron chi connectivity index (χ2n) is 5.02. The van der Waals surface area contributed by atoms with Crippen LogP contribution in [0.5, 0.6) is 0 Å². The van der Waals surface area contributed by atoms with E-state index in [4.69, 9.17) is 9.15 Å². The molecule has 0 aromatic carbocycles. The number of ether oxygens (including phenoxy) is 1. The predicted molar refractivity (Wildman–Crippen MR) is 60.9 cm³/mol. The molecule has 4 atom stereocenters. The number of hydrogen-bond donors (Lipinski definition) is 0. The minimum atomic E-state index is -0.0443. The highest BCUT2D eigenvalue weighted by atomic mass is 16.5. The van der Waals surface area contributed by atoms with Crippen LogP contribution in [0.15, 0.2) is 10.7 Å². The maximum absolute atomic E-state index is 11.2. The van der Waals surface area contributed by atoms with Crippen LogP contribution in [0.4, 0.5) is 0 Å². The lowest BCUT2D eigenvalue weighted by Gasteiger charge is -2.24. The fraction of sp³-hybridized carbons (Fsp3) is 0.692. The Hall–Kier alpha value is -1.16. The van der Waals surface area contributed by atoms with Crippen LogP contribution in [-0.4, -0.2) is 23.0 Å². The van der Waals surface area contributed by atoms with Gasteiger partial charge in [-0.15, -0.1) is 0 Å². The molecule has 3 heterocycles. The monoisotopic (exact) mass is 235 g/mol. The molecule has 1 aromatic rings. The van der Waals surface area contributed by atoms with Crippen LogP contribution in [0, 0.1) is 5.92 Å². The van der Waals surface area contributed by atoms with Gasteiger partial charge in [-0.2, -0.15) is 0 Å². The summed E-state index contributed by atoms with van der Waals surface area (Å²) in [7, 11) is 0. The van der Waals surface area contributed by atoms with Gasteiger partial charge < -0.3 is 9.15 Å². The van der Waals surface area contributed by atoms with E-state index in [-0.39, 0.29) is 17.8 Å². The van der Waals surface area contributed by atoms with Gasteiger partial charge in [-0.3, -0.25) is 4.79 Å². The van der Waals surface area contributed by atoms with Gasteiger partial charge in [0, 0.05) is 6.92 Å². The van der Waals surface area contributed by atoms with Gasteiger partial charge in [-0.1, -0.05) is 6.92 Å². The minimum Gasteiger partial charge on any atom is -0.448 e. The summed E-state index contributed by atoms with van der Waals surface area (Å²) in [4.78, 5) is 15.5. The molecule has 0 spiro atoms. The highest BCUT2D eigenvalue weighted by molar-refractivity contribution is 5.91. The Bertz CT molecular complexity index is 440. The van der Waals surface area contributed by atoms with Crippen molar-refractivity contribution in [1.29, 1.82) is 0 Å². The first-order valence-electron chi connectivity index (χ1n) is 6.32. The highest BCUT2D eigenvalue weighted by Gasteiger charge is 2.50. The largest absolute Gasteiger partial charge is 0.448 e. The number of fused-ring (bicyclic) bond motifs is 2. The molecule has 1 aromatic heterocycles. The highest BCUT2D eigenvalue weighted by Crippen LogP contribution is 2.49. The molecular weight excluding hydrogens is 218 g/mol. The second-order valence-corrected chi connectivity index (χ2v) is 5.02. The van der Waals surface area contributed by atoms with Crippen molar-refractivity contribution in [2.45, 2.75) is 51.2 Å². The standard InChI is InChI=1S/C13H17NO3/c1-3-8-10-4-5-11(17-10)12(8)13-14-9(6-16-13)7(2)15/h6,8,10-12H,3-5H2,1-2H3. The maximum atomic E-state index is 11.2. The van der Waals surface area contributed by atoms with Gasteiger partial charge in [0.05, 0.1) is 18.1 Å². The zero-order chi connectivity index (χ0) is 12.0. The molecular formula is C13H17NO3. The summed E-state index contributed by atoms with van der Waals surface area (Å²) >= 11 is 0. The van der Waals surface area contributed by atoms with Crippen LogP contribution in [0.1, 0.15) is 55.4 Å². The molecule has 2 saturated heterocycles. The average Bonchev–Trinajstić information content (AvgIpc) is 3.02. The van der Waals surface area contributed by atoms with E-state index < -0.39 is 0 Å². The van der Waals surface area contributed by atoms with Crippen LogP contribution >= 0.6 is 0 Å². The third kappa shape index (κ3) is 1.62. The van der Waals surface area contributed by atoms with Gasteiger partial charge in [0.15, 0.2) is 5.78 Å². The van der Waals surface area contributed by atoms with Crippen LogP contribution in [0.25, 0.3) is 0 Å². The number of carbonyl (C=O) groups excluding carboxylic acids is 1. The summed E-state index contributed by atoms with van der Waals surface area (Å²) in [6.45, 7) is 3.69. The summed E-state index contributed by atoms with van der Waals surface area (Å²) in [6.07, 6.45) is 5.38. The molecule has 2 aliphatic rings. The summed E-state index contributed by atoms with van der Waals surface area (Å²) in [5.74, 6) is 1.38. The normalized spacial score (nSPS) is 35.4. The smallest absolute Gasteiger partial charge is 0.200 e. The molecule has 92 valence electrons. The molecule has 3 rings (SSSR count). The lowest BCUT2D eigenvalue weighted by molar-refractivity contribution is 0.0894. The lowest BCUT2D eigenvalue weighted by atomic mass is 9.78. The van der Waals surface area contributed by atoms with E-state index in [1.165, 1.54) is 13.2 Å². The Morgan fingerprint density at radius 2 is 2.24 bits per heavy atom. The van der Waals surface area contributed by atoms with Crippen molar-refractivity contribution in [2.75, 3.05) is 0 Å². The number of ketones is 1. The fourth-order valence-electron chi connectivity index (χ4n) is 3.24. The van der Waals surface area contributed by atoms with Crippen molar-refractivity contribution in [3.63, 3.8) is 0 Å².